The van der Waals surface area contributed by atoms with E-state index in [0.717, 1.165) is 25.9 Å². The average molecular weight is 390 g/mol. The van der Waals surface area contributed by atoms with E-state index < -0.39 is 0 Å². The van der Waals surface area contributed by atoms with Crippen LogP contribution in [0.2, 0.25) is 0 Å². The second kappa shape index (κ2) is 7.40. The Morgan fingerprint density at radius 3 is 2.56 bits per heavy atom. The van der Waals surface area contributed by atoms with Gasteiger partial charge in [-0.2, -0.15) is 0 Å². The third kappa shape index (κ3) is 3.37. The number of likely N-dealkylation sites (tertiary alicyclic amines) is 1. The Morgan fingerprint density at radius 1 is 1.15 bits per heavy atom. The highest BCUT2D eigenvalue weighted by Crippen LogP contribution is 2.29. The summed E-state index contributed by atoms with van der Waals surface area (Å²) >= 11 is 1.26. The number of ether oxygens (including phenoxy) is 1. The molecule has 0 aromatic carbocycles. The molecule has 2 aliphatic heterocycles. The lowest BCUT2D eigenvalue weighted by atomic mass is 10.2. The van der Waals surface area contributed by atoms with E-state index in [1.807, 2.05) is 4.90 Å². The van der Waals surface area contributed by atoms with Gasteiger partial charge in [0.05, 0.1) is 29.8 Å². The number of nitrogens with zero attached hydrogens (tertiary/aromatic N) is 4. The molecule has 0 N–H and O–H groups in total. The number of amides is 2. The first-order valence-corrected chi connectivity index (χ1v) is 10.0. The molecule has 4 heterocycles. The minimum atomic E-state index is -0.268. The van der Waals surface area contributed by atoms with Crippen LogP contribution in [0.15, 0.2) is 11.1 Å². The number of fused-ring (bicyclic) bond motifs is 1. The number of hydrogen-bond acceptors (Lipinski definition) is 6. The molecule has 0 spiro atoms. The molecule has 2 aromatic rings. The van der Waals surface area contributed by atoms with Gasteiger partial charge >= 0.3 is 0 Å². The van der Waals surface area contributed by atoms with E-state index in [1.165, 1.54) is 22.2 Å². The predicted octanol–water partition coefficient (Wildman–Crippen LogP) is 0.861. The molecule has 0 aliphatic carbocycles. The third-order valence-corrected chi connectivity index (χ3v) is 6.36. The fourth-order valence-electron chi connectivity index (χ4n) is 3.60. The Hall–Kier alpha value is -2.26. The van der Waals surface area contributed by atoms with Gasteiger partial charge in [-0.1, -0.05) is 0 Å². The number of morpholine rings is 1. The molecule has 0 radical (unpaired) electrons. The maximum absolute atomic E-state index is 12.9. The van der Waals surface area contributed by atoms with E-state index in [1.54, 1.807) is 11.8 Å². The molecule has 0 unspecified atom stereocenters. The molecule has 27 heavy (non-hydrogen) atoms. The van der Waals surface area contributed by atoms with E-state index in [4.69, 9.17) is 4.74 Å². The molecule has 2 fully saturated rings. The largest absolute Gasteiger partial charge is 0.378 e. The van der Waals surface area contributed by atoms with Crippen molar-refractivity contribution in [2.75, 3.05) is 39.4 Å². The van der Waals surface area contributed by atoms with Crippen LogP contribution in [-0.4, -0.2) is 70.6 Å². The zero-order valence-electron chi connectivity index (χ0n) is 15.3. The molecule has 2 aliphatic rings. The van der Waals surface area contributed by atoms with Crippen molar-refractivity contribution in [3.63, 3.8) is 0 Å². The zero-order valence-corrected chi connectivity index (χ0v) is 16.1. The number of rotatable bonds is 3. The first kappa shape index (κ1) is 18.1. The Kier molecular flexibility index (Phi) is 4.96. The van der Waals surface area contributed by atoms with Crippen LogP contribution < -0.4 is 5.56 Å². The Balaban J connectivity index is 1.63. The van der Waals surface area contributed by atoms with Gasteiger partial charge in [-0.05, 0) is 25.3 Å². The molecule has 2 saturated heterocycles. The first-order valence-electron chi connectivity index (χ1n) is 9.19. The summed E-state index contributed by atoms with van der Waals surface area (Å²) in [5.41, 5.74) is 0.397. The van der Waals surface area contributed by atoms with Crippen molar-refractivity contribution in [3.8, 4) is 0 Å². The van der Waals surface area contributed by atoms with Crippen LogP contribution in [-0.2, 0) is 16.1 Å². The van der Waals surface area contributed by atoms with Crippen LogP contribution in [0, 0.1) is 6.92 Å². The number of hydrogen-bond donors (Lipinski definition) is 0. The average Bonchev–Trinajstić information content (AvgIpc) is 3.33. The van der Waals surface area contributed by atoms with E-state index in [2.05, 4.69) is 4.98 Å². The van der Waals surface area contributed by atoms with Gasteiger partial charge in [-0.25, -0.2) is 4.98 Å². The Bertz CT molecular complexity index is 939. The first-order chi connectivity index (χ1) is 13.1. The molecule has 8 nitrogen and oxygen atoms in total. The second-order valence-corrected chi connectivity index (χ2v) is 7.91. The van der Waals surface area contributed by atoms with Crippen molar-refractivity contribution in [1.82, 2.24) is 19.4 Å². The summed E-state index contributed by atoms with van der Waals surface area (Å²) in [5.74, 6) is -0.147. The highest BCUT2D eigenvalue weighted by Gasteiger charge is 2.26. The Morgan fingerprint density at radius 2 is 1.85 bits per heavy atom. The van der Waals surface area contributed by atoms with E-state index >= 15 is 0 Å². The van der Waals surface area contributed by atoms with Crippen LogP contribution >= 0.6 is 11.3 Å². The monoisotopic (exact) mass is 390 g/mol. The van der Waals surface area contributed by atoms with Gasteiger partial charge in [0, 0.05) is 26.2 Å². The van der Waals surface area contributed by atoms with Crippen LogP contribution in [0.3, 0.4) is 0 Å². The fraction of sp³-hybridized carbons (Fsp3) is 0.556. The standard InChI is InChI=1S/C18H22N4O4S/c1-12-14-16(27-15(12)18(25)21-4-2-3-5-21)19-11-22(17(14)24)10-13(23)20-6-8-26-9-7-20/h11H,2-10H2,1H3. The quantitative estimate of drug-likeness (QED) is 0.776. The number of aromatic nitrogens is 2. The van der Waals surface area contributed by atoms with Gasteiger partial charge in [0.1, 0.15) is 11.4 Å². The highest BCUT2D eigenvalue weighted by molar-refractivity contribution is 7.20. The van der Waals surface area contributed by atoms with Gasteiger partial charge < -0.3 is 14.5 Å². The molecular weight excluding hydrogens is 368 g/mol. The summed E-state index contributed by atoms with van der Waals surface area (Å²) in [6, 6.07) is 0. The molecule has 2 amide bonds. The summed E-state index contributed by atoms with van der Waals surface area (Å²) < 4.78 is 6.59. The van der Waals surface area contributed by atoms with Crippen molar-refractivity contribution in [3.05, 3.63) is 27.1 Å². The van der Waals surface area contributed by atoms with Crippen molar-refractivity contribution in [2.24, 2.45) is 0 Å². The maximum Gasteiger partial charge on any atom is 0.264 e. The van der Waals surface area contributed by atoms with Gasteiger partial charge in [0.25, 0.3) is 11.5 Å². The van der Waals surface area contributed by atoms with Crippen LogP contribution in [0.5, 0.6) is 0 Å². The summed E-state index contributed by atoms with van der Waals surface area (Å²) in [5, 5.41) is 0.444. The van der Waals surface area contributed by atoms with Gasteiger partial charge in [0.15, 0.2) is 0 Å². The normalized spacial score (nSPS) is 17.7. The lowest BCUT2D eigenvalue weighted by Gasteiger charge is -2.26. The molecule has 0 bridgehead atoms. The number of carbonyl (C=O) groups excluding carboxylic acids is 2. The second-order valence-electron chi connectivity index (χ2n) is 6.91. The van der Waals surface area contributed by atoms with E-state index in [-0.39, 0.29) is 23.9 Å². The molecule has 0 atom stereocenters. The predicted molar refractivity (Wildman–Crippen MR) is 101 cm³/mol. The summed E-state index contributed by atoms with van der Waals surface area (Å²) in [7, 11) is 0. The highest BCUT2D eigenvalue weighted by atomic mass is 32.1. The zero-order chi connectivity index (χ0) is 19.0. The van der Waals surface area contributed by atoms with Gasteiger partial charge in [0.2, 0.25) is 5.91 Å². The molecule has 9 heteroatoms. The van der Waals surface area contributed by atoms with Crippen LogP contribution in [0.4, 0.5) is 0 Å². The van der Waals surface area contributed by atoms with Crippen molar-refractivity contribution in [2.45, 2.75) is 26.3 Å². The van der Waals surface area contributed by atoms with Crippen molar-refractivity contribution >= 4 is 33.4 Å². The topological polar surface area (TPSA) is 84.7 Å². The van der Waals surface area contributed by atoms with Crippen molar-refractivity contribution in [1.29, 1.82) is 0 Å². The lowest BCUT2D eigenvalue weighted by Crippen LogP contribution is -2.43. The lowest BCUT2D eigenvalue weighted by molar-refractivity contribution is -0.135. The molecule has 0 saturated carbocycles. The van der Waals surface area contributed by atoms with Crippen LogP contribution in [0.25, 0.3) is 10.2 Å². The summed E-state index contributed by atoms with van der Waals surface area (Å²) in [4.78, 5) is 47.1. The summed E-state index contributed by atoms with van der Waals surface area (Å²) in [6.45, 7) is 5.37. The summed E-state index contributed by atoms with van der Waals surface area (Å²) in [6.07, 6.45) is 3.44. The SMILES string of the molecule is Cc1c(C(=O)N2CCCC2)sc2ncn(CC(=O)N3CCOCC3)c(=O)c12. The van der Waals surface area contributed by atoms with Gasteiger partial charge in [-0.15, -0.1) is 11.3 Å². The van der Waals surface area contributed by atoms with Crippen LogP contribution in [0.1, 0.15) is 28.1 Å². The number of carbonyl (C=O) groups is 2. The third-order valence-electron chi connectivity index (χ3n) is 5.17. The Labute approximate surface area is 160 Å². The van der Waals surface area contributed by atoms with E-state index in [0.29, 0.717) is 47.0 Å². The maximum atomic E-state index is 12.9. The minimum absolute atomic E-state index is 0.0247. The van der Waals surface area contributed by atoms with Crippen molar-refractivity contribution < 1.29 is 14.3 Å². The number of thiophene rings is 1. The number of aryl methyl sites for hydroxylation is 1. The minimum Gasteiger partial charge on any atom is -0.378 e. The van der Waals surface area contributed by atoms with Gasteiger partial charge in [-0.3, -0.25) is 19.0 Å². The molecular formula is C18H22N4O4S. The molecule has 4 rings (SSSR count). The molecule has 2 aromatic heterocycles. The molecule has 144 valence electrons. The smallest absolute Gasteiger partial charge is 0.264 e. The van der Waals surface area contributed by atoms with E-state index in [9.17, 15) is 14.4 Å². The fourth-order valence-corrected chi connectivity index (χ4v) is 4.71.